The van der Waals surface area contributed by atoms with Crippen molar-refractivity contribution >= 4 is 36.0 Å². The molecule has 0 fully saturated rings. The van der Waals surface area contributed by atoms with Crippen molar-refractivity contribution in [1.82, 2.24) is 4.90 Å². The van der Waals surface area contributed by atoms with Crippen molar-refractivity contribution in [1.29, 1.82) is 0 Å². The van der Waals surface area contributed by atoms with Crippen LogP contribution in [-0.2, 0) is 23.0 Å². The van der Waals surface area contributed by atoms with Crippen LogP contribution in [0.4, 0.5) is 10.5 Å². The quantitative estimate of drug-likeness (QED) is 0.0311. The minimum absolute atomic E-state index is 0.0437. The third-order valence-electron chi connectivity index (χ3n) is 9.49. The first-order chi connectivity index (χ1) is 24.9. The Kier molecular flexibility index (Phi) is 21.1. The van der Waals surface area contributed by atoms with Crippen molar-refractivity contribution in [3.63, 3.8) is 0 Å². The molecule has 1 aromatic carbocycles. The Morgan fingerprint density at radius 3 is 2.02 bits per heavy atom. The van der Waals surface area contributed by atoms with Crippen molar-refractivity contribution in [2.75, 3.05) is 52.7 Å². The van der Waals surface area contributed by atoms with Crippen LogP contribution in [0, 0.1) is 0 Å². The molecule has 1 N–H and O–H groups in total. The zero-order valence-corrected chi connectivity index (χ0v) is 34.5. The van der Waals surface area contributed by atoms with E-state index in [0.717, 1.165) is 38.0 Å². The van der Waals surface area contributed by atoms with Gasteiger partial charge in [-0.3, -0.25) is 0 Å². The first-order valence-corrected chi connectivity index (χ1v) is 21.0. The molecule has 0 aliphatic heterocycles. The predicted molar refractivity (Wildman–Crippen MR) is 214 cm³/mol. The van der Waals surface area contributed by atoms with Crippen LogP contribution in [0.3, 0.4) is 0 Å². The number of fused-ring (bicyclic) bond motifs is 1. The summed E-state index contributed by atoms with van der Waals surface area (Å²) in [4.78, 5) is 29.3. The van der Waals surface area contributed by atoms with E-state index in [-0.39, 0.29) is 13.4 Å². The van der Waals surface area contributed by atoms with Gasteiger partial charge in [0.25, 0.3) is 0 Å². The van der Waals surface area contributed by atoms with Gasteiger partial charge in [-0.25, -0.2) is 0 Å². The van der Waals surface area contributed by atoms with E-state index in [4.69, 9.17) is 27.5 Å². The second-order valence-corrected chi connectivity index (χ2v) is 17.0. The Bertz CT molecular complexity index is 1390. The molecule has 52 heavy (non-hydrogen) atoms. The van der Waals surface area contributed by atoms with Crippen LogP contribution >= 0.6 is 7.94 Å². The maximum atomic E-state index is 12.9. The Balaban J connectivity index is 2.34. The maximum absolute atomic E-state index is 12.9. The van der Waals surface area contributed by atoms with Crippen LogP contribution < -0.4 is 15.8 Å². The summed E-state index contributed by atoms with van der Waals surface area (Å²) in [5.74, 6) is 0. The number of allylic oxidation sites excluding steroid dienone is 1. The molecular weight excluding hydrogens is 683 g/mol. The van der Waals surface area contributed by atoms with Gasteiger partial charge in [0.15, 0.2) is 0 Å². The molecule has 1 aromatic heterocycles. The van der Waals surface area contributed by atoms with E-state index in [1.54, 1.807) is 0 Å². The summed E-state index contributed by atoms with van der Waals surface area (Å²) in [6.45, 7) is 13.3. The Labute approximate surface area is 313 Å². The predicted octanol–water partition coefficient (Wildman–Crippen LogP) is 9.46. The number of carbonyl (C=O) groups is 1. The fourth-order valence-corrected chi connectivity index (χ4v) is 8.94. The SMILES string of the molecule is CCCCCCCCCCCCC/C=C/[C@H](OCOC)[C@H](CO[PH](OC)(OC)c1cc(=O)oc2cc(N(CC)CC)ccc12)N(C(=O)O)C(C)(C)C. The molecule has 2 aromatic rings. The number of ether oxygens (including phenoxy) is 2. The van der Waals surface area contributed by atoms with Crippen molar-refractivity contribution in [3.05, 3.63) is 46.8 Å². The molecule has 0 aliphatic carbocycles. The van der Waals surface area contributed by atoms with Crippen LogP contribution in [-0.4, -0.2) is 81.6 Å². The van der Waals surface area contributed by atoms with Gasteiger partial charge in [0, 0.05) is 0 Å². The zero-order chi connectivity index (χ0) is 38.6. The summed E-state index contributed by atoms with van der Waals surface area (Å²) < 4.78 is 35.7. The molecular formula is C40H69N2O9P. The number of hydrogen-bond acceptors (Lipinski definition) is 9. The summed E-state index contributed by atoms with van der Waals surface area (Å²) in [5, 5.41) is 11.6. The number of methoxy groups -OCH3 is 1. The van der Waals surface area contributed by atoms with E-state index in [1.807, 2.05) is 45.0 Å². The third kappa shape index (κ3) is 14.0. The molecule has 0 radical (unpaired) electrons. The molecule has 0 saturated carbocycles. The van der Waals surface area contributed by atoms with E-state index < -0.39 is 37.3 Å². The van der Waals surface area contributed by atoms with Gasteiger partial charge in [-0.15, -0.1) is 0 Å². The van der Waals surface area contributed by atoms with Gasteiger partial charge < -0.3 is 0 Å². The molecule has 0 unspecified atom stereocenters. The van der Waals surface area contributed by atoms with Crippen LogP contribution in [0.5, 0.6) is 0 Å². The number of hydrogen-bond donors (Lipinski definition) is 1. The van der Waals surface area contributed by atoms with E-state index in [1.165, 1.54) is 90.1 Å². The molecule has 298 valence electrons. The topological polar surface area (TPSA) is 120 Å². The molecule has 0 aliphatic rings. The number of unbranched alkanes of at least 4 members (excludes halogenated alkanes) is 11. The van der Waals surface area contributed by atoms with Gasteiger partial charge in [0.2, 0.25) is 0 Å². The first-order valence-electron chi connectivity index (χ1n) is 19.3. The molecule has 2 rings (SSSR count). The van der Waals surface area contributed by atoms with Crippen molar-refractivity contribution in [2.24, 2.45) is 0 Å². The number of rotatable bonds is 27. The molecule has 12 heteroatoms. The van der Waals surface area contributed by atoms with Gasteiger partial charge in [-0.2, -0.15) is 0 Å². The Morgan fingerprint density at radius 1 is 0.904 bits per heavy atom. The summed E-state index contributed by atoms with van der Waals surface area (Å²) in [6, 6.07) is 6.20. The average Bonchev–Trinajstić information content (AvgIpc) is 3.11. The average molecular weight is 753 g/mol. The standard InChI is InChI=1S/C40H69N2O9P/c1-10-13-14-15-16-17-18-19-20-21-22-23-24-25-35(49-31-46-7)34(42(39(44)45)40(4,5)6)30-50-52(47-8,48-9)37-29-38(43)51-36-28-32(26-27-33(36)37)41(11-2)12-3/h24-29,34-35,52H,10-23,30-31H2,1-9H3,(H,44,45)/b25-24+/t34-,35-/m0/s1. The van der Waals surface area contributed by atoms with Gasteiger partial charge in [-0.1, -0.05) is 45.4 Å². The van der Waals surface area contributed by atoms with Crippen molar-refractivity contribution in [3.8, 4) is 0 Å². The second-order valence-electron chi connectivity index (χ2n) is 14.3. The molecule has 0 bridgehead atoms. The van der Waals surface area contributed by atoms with Crippen LogP contribution in [0.25, 0.3) is 11.0 Å². The number of amides is 1. The first kappa shape index (κ1) is 45.6. The van der Waals surface area contributed by atoms with E-state index >= 15 is 0 Å². The normalized spacial score (nSPS) is 13.9. The van der Waals surface area contributed by atoms with Gasteiger partial charge in [0.1, 0.15) is 0 Å². The number of anilines is 1. The summed E-state index contributed by atoms with van der Waals surface area (Å²) in [5.41, 5.74) is -0.0871. The monoisotopic (exact) mass is 752 g/mol. The van der Waals surface area contributed by atoms with E-state index in [2.05, 4.69) is 31.7 Å². The number of carboxylic acid groups (broad SMARTS) is 1. The minimum atomic E-state index is -3.83. The fraction of sp³-hybridized carbons (Fsp3) is 0.700. The van der Waals surface area contributed by atoms with E-state index in [9.17, 15) is 14.7 Å². The van der Waals surface area contributed by atoms with Gasteiger partial charge in [-0.05, 0) is 0 Å². The number of nitrogens with zero attached hydrogens (tertiary/aromatic N) is 2. The van der Waals surface area contributed by atoms with Crippen LogP contribution in [0.1, 0.15) is 119 Å². The molecule has 1 heterocycles. The summed E-state index contributed by atoms with van der Waals surface area (Å²) in [6.07, 6.45) is 16.9. The van der Waals surface area contributed by atoms with Crippen LogP contribution in [0.15, 0.2) is 45.6 Å². The summed E-state index contributed by atoms with van der Waals surface area (Å²) >= 11 is 0. The Morgan fingerprint density at radius 2 is 1.50 bits per heavy atom. The fourth-order valence-electron chi connectivity index (χ4n) is 6.72. The van der Waals surface area contributed by atoms with Crippen LogP contribution in [0.2, 0.25) is 0 Å². The van der Waals surface area contributed by atoms with E-state index in [0.29, 0.717) is 16.3 Å². The molecule has 0 saturated heterocycles. The second kappa shape index (κ2) is 24.0. The van der Waals surface area contributed by atoms with Gasteiger partial charge in [0.05, 0.1) is 0 Å². The number of benzene rings is 1. The Hall–Kier alpha value is -2.53. The van der Waals surface area contributed by atoms with Gasteiger partial charge >= 0.3 is 269 Å². The molecule has 2 atom stereocenters. The molecule has 11 nitrogen and oxygen atoms in total. The molecule has 1 amide bonds. The van der Waals surface area contributed by atoms with Crippen molar-refractivity contribution in [2.45, 2.75) is 136 Å². The zero-order valence-electron chi connectivity index (χ0n) is 33.5. The van der Waals surface area contributed by atoms with Crippen molar-refractivity contribution < 1.29 is 37.4 Å². The third-order valence-corrected chi connectivity index (χ3v) is 12.2. The molecule has 0 spiro atoms. The summed E-state index contributed by atoms with van der Waals surface area (Å²) in [7, 11) is 0.643.